The van der Waals surface area contributed by atoms with Crippen LogP contribution in [0.1, 0.15) is 23.7 Å². The van der Waals surface area contributed by atoms with E-state index in [0.29, 0.717) is 35.3 Å². The maximum absolute atomic E-state index is 13.2. The first-order valence-electron chi connectivity index (χ1n) is 9.44. The minimum Gasteiger partial charge on any atom is -0.465 e. The number of halogens is 1. The Balaban J connectivity index is 1.85. The van der Waals surface area contributed by atoms with Crippen LogP contribution in [0, 0.1) is 18.3 Å². The largest absolute Gasteiger partial charge is 0.465 e. The van der Waals surface area contributed by atoms with E-state index < -0.39 is 6.67 Å². The molecule has 8 heteroatoms. The molecule has 2 aromatic carbocycles. The molecule has 0 bridgehead atoms. The third-order valence-electron chi connectivity index (χ3n) is 4.67. The van der Waals surface area contributed by atoms with Gasteiger partial charge in [0.05, 0.1) is 35.3 Å². The Kier molecular flexibility index (Phi) is 5.26. The Morgan fingerprint density at radius 3 is 2.63 bits per heavy atom. The highest BCUT2D eigenvalue weighted by molar-refractivity contribution is 5.60. The van der Waals surface area contributed by atoms with Gasteiger partial charge < -0.3 is 4.74 Å². The minimum absolute atomic E-state index is 0.399. The first kappa shape index (κ1) is 19.3. The average molecular weight is 402 g/mol. The molecule has 0 saturated heterocycles. The molecule has 7 nitrogen and oxygen atoms in total. The van der Waals surface area contributed by atoms with Gasteiger partial charge in [0.1, 0.15) is 18.7 Å². The van der Waals surface area contributed by atoms with Crippen molar-refractivity contribution in [3.05, 3.63) is 71.7 Å². The van der Waals surface area contributed by atoms with Crippen molar-refractivity contribution in [2.24, 2.45) is 0 Å². The average Bonchev–Trinajstić information content (AvgIpc) is 3.38. The maximum Gasteiger partial charge on any atom is 0.301 e. The Hall–Kier alpha value is -3.99. The summed E-state index contributed by atoms with van der Waals surface area (Å²) >= 11 is 0. The molecular weight excluding hydrogens is 383 g/mol. The second-order valence-electron chi connectivity index (χ2n) is 6.55. The monoisotopic (exact) mass is 402 g/mol. The summed E-state index contributed by atoms with van der Waals surface area (Å²) in [6.07, 6.45) is 1.45. The number of benzene rings is 2. The van der Waals surface area contributed by atoms with Crippen molar-refractivity contribution in [3.63, 3.8) is 0 Å². The number of rotatable bonds is 6. The van der Waals surface area contributed by atoms with E-state index in [2.05, 4.69) is 21.1 Å². The van der Waals surface area contributed by atoms with E-state index in [9.17, 15) is 4.39 Å². The number of hydrogen-bond donors (Lipinski definition) is 0. The summed E-state index contributed by atoms with van der Waals surface area (Å²) in [5.41, 5.74) is 4.04. The van der Waals surface area contributed by atoms with Gasteiger partial charge in [-0.1, -0.05) is 12.1 Å². The highest BCUT2D eigenvalue weighted by atomic mass is 19.1. The topological polar surface area (TPSA) is 81.6 Å². The fourth-order valence-electron chi connectivity index (χ4n) is 3.27. The second-order valence-corrected chi connectivity index (χ2v) is 6.55. The van der Waals surface area contributed by atoms with Gasteiger partial charge in [-0.15, -0.1) is 0 Å². The van der Waals surface area contributed by atoms with Crippen LogP contribution < -0.4 is 4.74 Å². The van der Waals surface area contributed by atoms with Gasteiger partial charge in [0.15, 0.2) is 5.82 Å². The van der Waals surface area contributed by atoms with Crippen LogP contribution in [0.2, 0.25) is 0 Å². The van der Waals surface area contributed by atoms with Crippen molar-refractivity contribution in [2.75, 3.05) is 6.61 Å². The van der Waals surface area contributed by atoms with Crippen molar-refractivity contribution in [1.82, 2.24) is 24.3 Å². The fraction of sp³-hybridized carbons (Fsp3) is 0.182. The molecule has 0 radical (unpaired) electrons. The predicted molar refractivity (Wildman–Crippen MR) is 109 cm³/mol. The molecule has 150 valence electrons. The minimum atomic E-state index is -0.550. The number of nitriles is 1. The van der Waals surface area contributed by atoms with Gasteiger partial charge in [-0.3, -0.25) is 4.57 Å². The van der Waals surface area contributed by atoms with Gasteiger partial charge in [-0.05, 0) is 55.8 Å². The van der Waals surface area contributed by atoms with Crippen molar-refractivity contribution in [3.8, 4) is 35.0 Å². The smallest absolute Gasteiger partial charge is 0.301 e. The second kappa shape index (κ2) is 8.17. The lowest BCUT2D eigenvalue weighted by molar-refractivity contribution is 0.307. The Morgan fingerprint density at radius 1 is 1.13 bits per heavy atom. The molecule has 0 fully saturated rings. The van der Waals surface area contributed by atoms with Crippen molar-refractivity contribution >= 4 is 0 Å². The van der Waals surface area contributed by atoms with Crippen LogP contribution in [0.15, 0.2) is 54.9 Å². The van der Waals surface area contributed by atoms with E-state index in [0.717, 1.165) is 17.1 Å². The summed E-state index contributed by atoms with van der Waals surface area (Å²) < 4.78 is 22.5. The normalized spacial score (nSPS) is 10.7. The van der Waals surface area contributed by atoms with E-state index in [-0.39, 0.29) is 0 Å². The summed E-state index contributed by atoms with van der Waals surface area (Å²) in [7, 11) is 0. The van der Waals surface area contributed by atoms with E-state index in [1.54, 1.807) is 47.1 Å². The summed E-state index contributed by atoms with van der Waals surface area (Å²) in [4.78, 5) is 9.07. The third kappa shape index (κ3) is 3.42. The summed E-state index contributed by atoms with van der Waals surface area (Å²) in [6.45, 7) is 3.67. The number of imidazole rings is 1. The lowest BCUT2D eigenvalue weighted by Gasteiger charge is -2.11. The number of nitrogens with zero attached hydrogens (tertiary/aromatic N) is 6. The van der Waals surface area contributed by atoms with Crippen LogP contribution in [0.4, 0.5) is 4.39 Å². The van der Waals surface area contributed by atoms with Crippen LogP contribution in [-0.4, -0.2) is 30.9 Å². The molecule has 0 unspecified atom stereocenters. The van der Waals surface area contributed by atoms with Gasteiger partial charge in [0, 0.05) is 0 Å². The van der Waals surface area contributed by atoms with Crippen LogP contribution in [-0.2, 0) is 6.67 Å². The van der Waals surface area contributed by atoms with Crippen molar-refractivity contribution in [2.45, 2.75) is 20.5 Å². The fourth-order valence-corrected chi connectivity index (χ4v) is 3.27. The zero-order valence-corrected chi connectivity index (χ0v) is 16.6. The zero-order valence-electron chi connectivity index (χ0n) is 16.6. The van der Waals surface area contributed by atoms with Crippen LogP contribution in [0.5, 0.6) is 6.01 Å². The van der Waals surface area contributed by atoms with Crippen molar-refractivity contribution in [1.29, 1.82) is 5.26 Å². The lowest BCUT2D eigenvalue weighted by Crippen LogP contribution is -2.04. The molecule has 2 aromatic heterocycles. The van der Waals surface area contributed by atoms with Crippen LogP contribution in [0.25, 0.3) is 22.9 Å². The first-order valence-corrected chi connectivity index (χ1v) is 9.44. The third-order valence-corrected chi connectivity index (χ3v) is 4.67. The van der Waals surface area contributed by atoms with E-state index in [1.165, 1.54) is 6.33 Å². The van der Waals surface area contributed by atoms with Crippen LogP contribution >= 0.6 is 0 Å². The summed E-state index contributed by atoms with van der Waals surface area (Å²) in [6, 6.07) is 16.7. The molecule has 0 aliphatic heterocycles. The molecule has 0 aliphatic carbocycles. The molecule has 0 aliphatic rings. The summed E-state index contributed by atoms with van der Waals surface area (Å²) in [5, 5.41) is 13.4. The zero-order chi connectivity index (χ0) is 21.1. The molecule has 0 atom stereocenters. The highest BCUT2D eigenvalue weighted by Gasteiger charge is 2.22. The molecular formula is C22H19FN6O. The molecule has 0 saturated carbocycles. The Bertz CT molecular complexity index is 1220. The molecule has 0 amide bonds. The number of aromatic nitrogens is 5. The number of hydrogen-bond acceptors (Lipinski definition) is 5. The SMILES string of the molecule is CCOc1nc(-c2ncnn2-c2ccc(C#N)cc2)c(C)n1-c1cccc(CF)c1. The predicted octanol–water partition coefficient (Wildman–Crippen LogP) is 4.17. The van der Waals surface area contributed by atoms with Gasteiger partial charge in [-0.25, -0.2) is 14.1 Å². The number of alkyl halides is 1. The number of ether oxygens (including phenoxy) is 1. The van der Waals surface area contributed by atoms with Gasteiger partial charge >= 0.3 is 6.01 Å². The summed E-state index contributed by atoms with van der Waals surface area (Å²) in [5.74, 6) is 0.540. The first-order chi connectivity index (χ1) is 14.7. The maximum atomic E-state index is 13.2. The molecule has 0 N–H and O–H groups in total. The molecule has 30 heavy (non-hydrogen) atoms. The Labute approximate surface area is 173 Å². The van der Waals surface area contributed by atoms with Gasteiger partial charge in [-0.2, -0.15) is 15.3 Å². The lowest BCUT2D eigenvalue weighted by atomic mass is 10.2. The van der Waals surface area contributed by atoms with Crippen molar-refractivity contribution < 1.29 is 9.13 Å². The Morgan fingerprint density at radius 2 is 1.93 bits per heavy atom. The van der Waals surface area contributed by atoms with Gasteiger partial charge in [0.25, 0.3) is 0 Å². The van der Waals surface area contributed by atoms with E-state index in [1.807, 2.05) is 24.5 Å². The van der Waals surface area contributed by atoms with E-state index in [4.69, 9.17) is 10.00 Å². The highest BCUT2D eigenvalue weighted by Crippen LogP contribution is 2.30. The van der Waals surface area contributed by atoms with Crippen LogP contribution in [0.3, 0.4) is 0 Å². The molecule has 4 aromatic rings. The molecule has 4 rings (SSSR count). The quantitative estimate of drug-likeness (QED) is 0.483. The van der Waals surface area contributed by atoms with E-state index >= 15 is 0 Å². The van der Waals surface area contributed by atoms with Gasteiger partial charge in [0.2, 0.25) is 0 Å². The molecule has 0 spiro atoms. The standard InChI is InChI=1S/C22H19FN6O/c1-3-30-22-27-20(15(2)28(22)19-6-4-5-17(11-19)12-23)21-25-14-26-29(21)18-9-7-16(13-24)8-10-18/h4-11,14H,3,12H2,1-2H3. The molecule has 2 heterocycles.